The van der Waals surface area contributed by atoms with Gasteiger partial charge in [0.05, 0.1) is 13.2 Å². The Balaban J connectivity index is 1.66. The summed E-state index contributed by atoms with van der Waals surface area (Å²) in [6.07, 6.45) is 0.588. The Labute approximate surface area is 148 Å². The minimum Gasteiger partial charge on any atom is -0.494 e. The van der Waals surface area contributed by atoms with E-state index in [4.69, 9.17) is 4.74 Å². The number of methoxy groups -OCH3 is 1. The number of halogens is 2. The minimum absolute atomic E-state index is 0.132. The summed E-state index contributed by atoms with van der Waals surface area (Å²) in [4.78, 5) is 0. The molecule has 2 aromatic carbocycles. The van der Waals surface area contributed by atoms with Gasteiger partial charge in [-0.3, -0.25) is 0 Å². The average Bonchev–Trinajstić information content (AvgIpc) is 3.03. The number of benzene rings is 2. The quantitative estimate of drug-likeness (QED) is 0.698. The lowest BCUT2D eigenvalue weighted by Gasteiger charge is -2.13. The fourth-order valence-electron chi connectivity index (χ4n) is 2.38. The molecule has 1 atom stereocenters. The largest absolute Gasteiger partial charge is 0.494 e. The molecule has 0 radical (unpaired) electrons. The van der Waals surface area contributed by atoms with E-state index in [1.807, 2.05) is 6.92 Å². The van der Waals surface area contributed by atoms with Crippen molar-refractivity contribution in [3.05, 3.63) is 70.2 Å². The summed E-state index contributed by atoms with van der Waals surface area (Å²) >= 11 is 1.42. The van der Waals surface area contributed by atoms with Crippen LogP contribution in [0.1, 0.15) is 29.1 Å². The first-order valence-corrected chi connectivity index (χ1v) is 8.53. The number of anilines is 1. The van der Waals surface area contributed by atoms with Gasteiger partial charge in [0.15, 0.2) is 11.6 Å². The molecule has 0 aliphatic carbocycles. The van der Waals surface area contributed by atoms with E-state index in [1.54, 1.807) is 24.3 Å². The standard InChI is InChI=1S/C18H17F2N3OS/c1-11(13-5-8-16(24-2)15(20)10-13)21-18-23-22-17(25-18)9-12-3-6-14(19)7-4-12/h3-8,10-11H,9H2,1-2H3,(H,21,23). The number of rotatable bonds is 6. The Hall–Kier alpha value is -2.54. The third-order valence-electron chi connectivity index (χ3n) is 3.75. The van der Waals surface area contributed by atoms with Gasteiger partial charge in [-0.05, 0) is 42.3 Å². The van der Waals surface area contributed by atoms with E-state index in [0.717, 1.165) is 16.1 Å². The molecule has 4 nitrogen and oxygen atoms in total. The molecule has 3 aromatic rings. The van der Waals surface area contributed by atoms with E-state index >= 15 is 0 Å². The van der Waals surface area contributed by atoms with Crippen molar-refractivity contribution in [3.8, 4) is 5.75 Å². The summed E-state index contributed by atoms with van der Waals surface area (Å²) in [5, 5.41) is 13.0. The van der Waals surface area contributed by atoms with Gasteiger partial charge in [-0.2, -0.15) is 0 Å². The molecule has 25 heavy (non-hydrogen) atoms. The van der Waals surface area contributed by atoms with Crippen LogP contribution in [-0.4, -0.2) is 17.3 Å². The SMILES string of the molecule is COc1ccc(C(C)Nc2nnc(Cc3ccc(F)cc3)s2)cc1F. The molecule has 0 fully saturated rings. The van der Waals surface area contributed by atoms with Gasteiger partial charge in [-0.15, -0.1) is 10.2 Å². The first-order valence-electron chi connectivity index (χ1n) is 7.72. The van der Waals surface area contributed by atoms with Gasteiger partial charge >= 0.3 is 0 Å². The molecule has 0 saturated carbocycles. The number of nitrogens with one attached hydrogen (secondary N) is 1. The van der Waals surface area contributed by atoms with Gasteiger partial charge in [0, 0.05) is 6.42 Å². The second-order valence-electron chi connectivity index (χ2n) is 5.56. The molecule has 0 spiro atoms. The summed E-state index contributed by atoms with van der Waals surface area (Å²) in [7, 11) is 1.43. The predicted molar refractivity (Wildman–Crippen MR) is 94.1 cm³/mol. The van der Waals surface area contributed by atoms with Crippen LogP contribution in [0.4, 0.5) is 13.9 Å². The van der Waals surface area contributed by atoms with Gasteiger partial charge in [0.2, 0.25) is 5.13 Å². The van der Waals surface area contributed by atoms with Crippen LogP contribution >= 0.6 is 11.3 Å². The maximum Gasteiger partial charge on any atom is 0.206 e. The molecule has 1 N–H and O–H groups in total. The van der Waals surface area contributed by atoms with Gasteiger partial charge in [-0.25, -0.2) is 8.78 Å². The fourth-order valence-corrected chi connectivity index (χ4v) is 3.24. The van der Waals surface area contributed by atoms with Crippen molar-refractivity contribution < 1.29 is 13.5 Å². The lowest BCUT2D eigenvalue weighted by molar-refractivity contribution is 0.386. The number of nitrogens with zero attached hydrogens (tertiary/aromatic N) is 2. The summed E-state index contributed by atoms with van der Waals surface area (Å²) in [6, 6.07) is 11.0. The van der Waals surface area contributed by atoms with Crippen molar-refractivity contribution in [2.45, 2.75) is 19.4 Å². The summed E-state index contributed by atoms with van der Waals surface area (Å²) in [5.41, 5.74) is 1.75. The van der Waals surface area contributed by atoms with Crippen molar-refractivity contribution in [3.63, 3.8) is 0 Å². The van der Waals surface area contributed by atoms with E-state index < -0.39 is 5.82 Å². The number of ether oxygens (including phenoxy) is 1. The maximum absolute atomic E-state index is 13.8. The second-order valence-corrected chi connectivity index (χ2v) is 6.63. The highest BCUT2D eigenvalue weighted by Crippen LogP contribution is 2.26. The summed E-state index contributed by atoms with van der Waals surface area (Å²) < 4.78 is 31.7. The number of hydrogen-bond donors (Lipinski definition) is 1. The molecule has 1 aromatic heterocycles. The zero-order valence-electron chi connectivity index (χ0n) is 13.8. The van der Waals surface area contributed by atoms with Crippen molar-refractivity contribution >= 4 is 16.5 Å². The van der Waals surface area contributed by atoms with Gasteiger partial charge in [-0.1, -0.05) is 29.5 Å². The Bertz CT molecular complexity index is 852. The monoisotopic (exact) mass is 361 g/mol. The molecule has 3 rings (SSSR count). The third-order valence-corrected chi connectivity index (χ3v) is 4.61. The lowest BCUT2D eigenvalue weighted by atomic mass is 10.1. The fraction of sp³-hybridized carbons (Fsp3) is 0.222. The topological polar surface area (TPSA) is 47.0 Å². The molecule has 1 unspecified atom stereocenters. The Kier molecular flexibility index (Phi) is 5.23. The first kappa shape index (κ1) is 17.3. The van der Waals surface area contributed by atoms with Gasteiger partial charge in [0.1, 0.15) is 10.8 Å². The predicted octanol–water partition coefficient (Wildman–Crippen LogP) is 4.59. The molecular formula is C18H17F2N3OS. The van der Waals surface area contributed by atoms with Crippen LogP contribution in [0.5, 0.6) is 5.75 Å². The highest BCUT2D eigenvalue weighted by atomic mass is 32.1. The van der Waals surface area contributed by atoms with Crippen LogP contribution in [0, 0.1) is 11.6 Å². The van der Waals surface area contributed by atoms with E-state index in [1.165, 1.54) is 36.6 Å². The van der Waals surface area contributed by atoms with Gasteiger partial charge < -0.3 is 10.1 Å². The summed E-state index contributed by atoms with van der Waals surface area (Å²) in [5.74, 6) is -0.444. The minimum atomic E-state index is -0.400. The Morgan fingerprint density at radius 3 is 2.56 bits per heavy atom. The van der Waals surface area contributed by atoms with Crippen LogP contribution in [0.2, 0.25) is 0 Å². The first-order chi connectivity index (χ1) is 12.0. The summed E-state index contributed by atoms with van der Waals surface area (Å²) in [6.45, 7) is 1.92. The molecule has 1 heterocycles. The molecule has 0 aliphatic heterocycles. The normalized spacial score (nSPS) is 12.0. The molecule has 7 heteroatoms. The van der Waals surface area contributed by atoms with E-state index in [2.05, 4.69) is 15.5 Å². The van der Waals surface area contributed by atoms with E-state index in [-0.39, 0.29) is 17.6 Å². The Morgan fingerprint density at radius 2 is 1.88 bits per heavy atom. The molecule has 0 aliphatic rings. The molecule has 0 bridgehead atoms. The molecule has 130 valence electrons. The average molecular weight is 361 g/mol. The number of aromatic nitrogens is 2. The highest BCUT2D eigenvalue weighted by Gasteiger charge is 2.12. The zero-order chi connectivity index (χ0) is 17.8. The second kappa shape index (κ2) is 7.57. The zero-order valence-corrected chi connectivity index (χ0v) is 14.6. The lowest BCUT2D eigenvalue weighted by Crippen LogP contribution is -2.07. The Morgan fingerprint density at radius 1 is 1.12 bits per heavy atom. The molecular weight excluding hydrogens is 344 g/mol. The van der Waals surface area contributed by atoms with Crippen molar-refractivity contribution in [2.24, 2.45) is 0 Å². The van der Waals surface area contributed by atoms with Crippen LogP contribution in [-0.2, 0) is 6.42 Å². The number of hydrogen-bond acceptors (Lipinski definition) is 5. The maximum atomic E-state index is 13.8. The van der Waals surface area contributed by atoms with Crippen LogP contribution in [0.15, 0.2) is 42.5 Å². The van der Waals surface area contributed by atoms with Crippen LogP contribution < -0.4 is 10.1 Å². The van der Waals surface area contributed by atoms with Crippen LogP contribution in [0.25, 0.3) is 0 Å². The van der Waals surface area contributed by atoms with E-state index in [9.17, 15) is 8.78 Å². The molecule has 0 amide bonds. The highest BCUT2D eigenvalue weighted by molar-refractivity contribution is 7.15. The van der Waals surface area contributed by atoms with Gasteiger partial charge in [0.25, 0.3) is 0 Å². The van der Waals surface area contributed by atoms with Crippen molar-refractivity contribution in [1.29, 1.82) is 0 Å². The molecule has 0 saturated heterocycles. The van der Waals surface area contributed by atoms with E-state index in [0.29, 0.717) is 11.6 Å². The smallest absolute Gasteiger partial charge is 0.206 e. The third kappa shape index (κ3) is 4.30. The van der Waals surface area contributed by atoms with Crippen LogP contribution in [0.3, 0.4) is 0 Å². The van der Waals surface area contributed by atoms with Crippen molar-refractivity contribution in [2.75, 3.05) is 12.4 Å². The van der Waals surface area contributed by atoms with Crippen molar-refractivity contribution in [1.82, 2.24) is 10.2 Å².